The Bertz CT molecular complexity index is 318. The van der Waals surface area contributed by atoms with Gasteiger partial charge in [-0.15, -0.1) is 0 Å². The standard InChI is InChI=1S/C12H25NO2S/c1-5-13-11(9-10-7-6-8-10)12(2,3)16(4,14)15/h10-11,13H,5-9H2,1-4H3. The highest BCUT2D eigenvalue weighted by atomic mass is 32.2. The Morgan fingerprint density at radius 2 is 1.94 bits per heavy atom. The third-order valence-corrected chi connectivity index (χ3v) is 6.23. The molecule has 0 heterocycles. The summed E-state index contributed by atoms with van der Waals surface area (Å²) in [5.41, 5.74) is 0. The van der Waals surface area contributed by atoms with E-state index in [9.17, 15) is 8.42 Å². The van der Waals surface area contributed by atoms with Gasteiger partial charge in [-0.05, 0) is 32.7 Å². The van der Waals surface area contributed by atoms with Crippen LogP contribution in [0.2, 0.25) is 0 Å². The van der Waals surface area contributed by atoms with Crippen molar-refractivity contribution in [1.29, 1.82) is 0 Å². The van der Waals surface area contributed by atoms with E-state index >= 15 is 0 Å². The summed E-state index contributed by atoms with van der Waals surface area (Å²) in [6.45, 7) is 6.55. The van der Waals surface area contributed by atoms with Crippen LogP contribution in [0.1, 0.15) is 46.5 Å². The van der Waals surface area contributed by atoms with E-state index in [-0.39, 0.29) is 6.04 Å². The topological polar surface area (TPSA) is 46.2 Å². The molecule has 1 rings (SSSR count). The summed E-state index contributed by atoms with van der Waals surface area (Å²) in [7, 11) is -3.02. The van der Waals surface area contributed by atoms with E-state index in [4.69, 9.17) is 0 Å². The molecule has 96 valence electrons. The SMILES string of the molecule is CCNC(CC1CCC1)C(C)(C)S(C)(=O)=O. The van der Waals surface area contributed by atoms with Crippen LogP contribution in [0.15, 0.2) is 0 Å². The molecule has 16 heavy (non-hydrogen) atoms. The van der Waals surface area contributed by atoms with Crippen LogP contribution >= 0.6 is 0 Å². The predicted molar refractivity (Wildman–Crippen MR) is 68.3 cm³/mol. The molecule has 3 nitrogen and oxygen atoms in total. The molecule has 0 aromatic carbocycles. The molecule has 0 saturated heterocycles. The van der Waals surface area contributed by atoms with Gasteiger partial charge in [0.2, 0.25) is 0 Å². The van der Waals surface area contributed by atoms with Crippen molar-refractivity contribution in [3.8, 4) is 0 Å². The van der Waals surface area contributed by atoms with Crippen LogP contribution in [0.25, 0.3) is 0 Å². The second-order valence-electron chi connectivity index (χ2n) is 5.52. The van der Waals surface area contributed by atoms with Crippen LogP contribution in [0.4, 0.5) is 0 Å². The normalized spacial score (nSPS) is 20.5. The quantitative estimate of drug-likeness (QED) is 0.780. The van der Waals surface area contributed by atoms with Crippen molar-refractivity contribution in [2.75, 3.05) is 12.8 Å². The first-order chi connectivity index (χ1) is 7.29. The van der Waals surface area contributed by atoms with Gasteiger partial charge in [-0.2, -0.15) is 0 Å². The Morgan fingerprint density at radius 3 is 2.25 bits per heavy atom. The fraction of sp³-hybridized carbons (Fsp3) is 1.00. The van der Waals surface area contributed by atoms with Crippen LogP contribution in [-0.2, 0) is 9.84 Å². The van der Waals surface area contributed by atoms with Gasteiger partial charge in [-0.3, -0.25) is 0 Å². The fourth-order valence-electron chi connectivity index (χ4n) is 2.18. The third-order valence-electron chi connectivity index (χ3n) is 4.04. The first kappa shape index (κ1) is 14.0. The van der Waals surface area contributed by atoms with E-state index < -0.39 is 14.6 Å². The van der Waals surface area contributed by atoms with Crippen molar-refractivity contribution in [1.82, 2.24) is 5.32 Å². The van der Waals surface area contributed by atoms with Crippen molar-refractivity contribution in [3.63, 3.8) is 0 Å². The van der Waals surface area contributed by atoms with Gasteiger partial charge in [0.05, 0.1) is 4.75 Å². The molecule has 0 aliphatic heterocycles. The summed E-state index contributed by atoms with van der Waals surface area (Å²) in [5, 5.41) is 3.35. The van der Waals surface area contributed by atoms with E-state index in [1.165, 1.54) is 25.5 Å². The minimum absolute atomic E-state index is 0.0813. The molecular weight excluding hydrogens is 222 g/mol. The molecule has 1 unspecified atom stereocenters. The van der Waals surface area contributed by atoms with E-state index in [0.29, 0.717) is 0 Å². The fourth-order valence-corrected chi connectivity index (χ4v) is 2.88. The predicted octanol–water partition coefficient (Wildman–Crippen LogP) is 1.98. The monoisotopic (exact) mass is 247 g/mol. The number of hydrogen-bond donors (Lipinski definition) is 1. The summed E-state index contributed by atoms with van der Waals surface area (Å²) in [5.74, 6) is 0.727. The zero-order chi connectivity index (χ0) is 12.4. The van der Waals surface area contributed by atoms with Crippen molar-refractivity contribution in [2.24, 2.45) is 5.92 Å². The molecule has 0 spiro atoms. The minimum atomic E-state index is -3.02. The molecule has 1 N–H and O–H groups in total. The van der Waals surface area contributed by atoms with Gasteiger partial charge >= 0.3 is 0 Å². The summed E-state index contributed by atoms with van der Waals surface area (Å²) < 4.78 is 23.0. The van der Waals surface area contributed by atoms with Gasteiger partial charge < -0.3 is 5.32 Å². The van der Waals surface area contributed by atoms with E-state index in [1.54, 1.807) is 0 Å². The lowest BCUT2D eigenvalue weighted by Crippen LogP contribution is -2.52. The number of nitrogens with one attached hydrogen (secondary N) is 1. The van der Waals surface area contributed by atoms with Crippen molar-refractivity contribution in [3.05, 3.63) is 0 Å². The lowest BCUT2D eigenvalue weighted by Gasteiger charge is -2.38. The molecule has 0 bridgehead atoms. The number of hydrogen-bond acceptors (Lipinski definition) is 3. The highest BCUT2D eigenvalue weighted by Crippen LogP contribution is 2.34. The molecule has 1 atom stereocenters. The van der Waals surface area contributed by atoms with Crippen molar-refractivity contribution >= 4 is 9.84 Å². The maximum atomic E-state index is 11.8. The average Bonchev–Trinajstić information content (AvgIpc) is 2.06. The molecular formula is C12H25NO2S. The number of rotatable bonds is 6. The largest absolute Gasteiger partial charge is 0.313 e. The molecule has 1 fully saturated rings. The Morgan fingerprint density at radius 1 is 1.38 bits per heavy atom. The van der Waals surface area contributed by atoms with Gasteiger partial charge in [0.1, 0.15) is 0 Å². The first-order valence-corrected chi connectivity index (χ1v) is 8.11. The van der Waals surface area contributed by atoms with E-state index in [2.05, 4.69) is 5.32 Å². The molecule has 1 aliphatic carbocycles. The maximum absolute atomic E-state index is 11.8. The summed E-state index contributed by atoms with van der Waals surface area (Å²) in [4.78, 5) is 0. The van der Waals surface area contributed by atoms with Crippen LogP contribution < -0.4 is 5.32 Å². The van der Waals surface area contributed by atoms with Crippen molar-refractivity contribution < 1.29 is 8.42 Å². The molecule has 4 heteroatoms. The molecule has 0 aromatic rings. The Balaban J connectivity index is 2.74. The second-order valence-corrected chi connectivity index (χ2v) is 8.12. The lowest BCUT2D eigenvalue weighted by atomic mass is 9.78. The molecule has 0 radical (unpaired) electrons. The van der Waals surface area contributed by atoms with E-state index in [0.717, 1.165) is 18.9 Å². The highest BCUT2D eigenvalue weighted by molar-refractivity contribution is 7.92. The molecule has 0 aromatic heterocycles. The van der Waals surface area contributed by atoms with Gasteiger partial charge in [-0.25, -0.2) is 8.42 Å². The summed E-state index contributed by atoms with van der Waals surface area (Å²) in [6.07, 6.45) is 6.18. The van der Waals surface area contributed by atoms with Gasteiger partial charge in [0.15, 0.2) is 9.84 Å². The van der Waals surface area contributed by atoms with E-state index in [1.807, 2.05) is 20.8 Å². The van der Waals surface area contributed by atoms with Gasteiger partial charge in [0, 0.05) is 12.3 Å². The summed E-state index contributed by atoms with van der Waals surface area (Å²) >= 11 is 0. The Hall–Kier alpha value is -0.0900. The van der Waals surface area contributed by atoms with Crippen molar-refractivity contribution in [2.45, 2.75) is 57.2 Å². The van der Waals surface area contributed by atoms with Gasteiger partial charge in [-0.1, -0.05) is 26.2 Å². The van der Waals surface area contributed by atoms with Crippen LogP contribution in [0.5, 0.6) is 0 Å². The average molecular weight is 247 g/mol. The summed E-state index contributed by atoms with van der Waals surface area (Å²) in [6, 6.07) is 0.0813. The zero-order valence-corrected chi connectivity index (χ0v) is 11.7. The minimum Gasteiger partial charge on any atom is -0.313 e. The van der Waals surface area contributed by atoms with Crippen LogP contribution in [0, 0.1) is 5.92 Å². The number of sulfone groups is 1. The van der Waals surface area contributed by atoms with Crippen LogP contribution in [0.3, 0.4) is 0 Å². The highest BCUT2D eigenvalue weighted by Gasteiger charge is 2.40. The lowest BCUT2D eigenvalue weighted by molar-refractivity contribution is 0.241. The zero-order valence-electron chi connectivity index (χ0n) is 10.9. The molecule has 1 saturated carbocycles. The van der Waals surface area contributed by atoms with Gasteiger partial charge in [0.25, 0.3) is 0 Å². The van der Waals surface area contributed by atoms with Crippen LogP contribution in [-0.4, -0.2) is 32.0 Å². The third kappa shape index (κ3) is 2.98. The Labute approximate surface area is 99.9 Å². The first-order valence-electron chi connectivity index (χ1n) is 6.22. The second kappa shape index (κ2) is 5.05. The smallest absolute Gasteiger partial charge is 0.154 e. The molecule has 1 aliphatic rings. The molecule has 0 amide bonds. The maximum Gasteiger partial charge on any atom is 0.154 e. The Kier molecular flexibility index (Phi) is 4.41.